The standard InChI is InChI=1S/C14H13N5/c15-13-4-1-3-11(7-13)12-8-18-19(9-12)10-14-16-5-2-6-17-14/h1-9H,10,15H2. The van der Waals surface area contributed by atoms with Gasteiger partial charge in [-0.1, -0.05) is 12.1 Å². The molecular formula is C14H13N5. The van der Waals surface area contributed by atoms with Crippen LogP contribution in [0, 0.1) is 0 Å². The highest BCUT2D eigenvalue weighted by Gasteiger charge is 2.03. The molecule has 0 aliphatic heterocycles. The lowest BCUT2D eigenvalue weighted by atomic mass is 10.1. The molecule has 0 bridgehead atoms. The molecule has 0 unspecified atom stereocenters. The van der Waals surface area contributed by atoms with Gasteiger partial charge in [0, 0.05) is 29.8 Å². The van der Waals surface area contributed by atoms with E-state index in [1.54, 1.807) is 18.5 Å². The number of nitrogen functional groups attached to an aromatic ring is 1. The number of benzene rings is 1. The van der Waals surface area contributed by atoms with Crippen molar-refractivity contribution in [3.8, 4) is 11.1 Å². The maximum atomic E-state index is 5.78. The first-order valence-electron chi connectivity index (χ1n) is 5.95. The molecule has 0 atom stereocenters. The van der Waals surface area contributed by atoms with Gasteiger partial charge in [-0.05, 0) is 23.8 Å². The Labute approximate surface area is 110 Å². The number of rotatable bonds is 3. The Kier molecular flexibility index (Phi) is 2.94. The number of anilines is 1. The smallest absolute Gasteiger partial charge is 0.149 e. The lowest BCUT2D eigenvalue weighted by molar-refractivity contribution is 0.655. The third kappa shape index (κ3) is 2.60. The van der Waals surface area contributed by atoms with Crippen LogP contribution < -0.4 is 5.73 Å². The Morgan fingerprint density at radius 3 is 2.68 bits per heavy atom. The van der Waals surface area contributed by atoms with Gasteiger partial charge in [-0.3, -0.25) is 4.68 Å². The summed E-state index contributed by atoms with van der Waals surface area (Å²) in [5.41, 5.74) is 8.61. The van der Waals surface area contributed by atoms with Gasteiger partial charge >= 0.3 is 0 Å². The second kappa shape index (κ2) is 4.89. The number of nitrogens with zero attached hydrogens (tertiary/aromatic N) is 4. The summed E-state index contributed by atoms with van der Waals surface area (Å²) < 4.78 is 1.81. The molecule has 2 N–H and O–H groups in total. The van der Waals surface area contributed by atoms with Crippen LogP contribution in [0.3, 0.4) is 0 Å². The van der Waals surface area contributed by atoms with Gasteiger partial charge in [0.25, 0.3) is 0 Å². The molecule has 0 spiro atoms. The summed E-state index contributed by atoms with van der Waals surface area (Å²) in [5, 5.41) is 4.31. The van der Waals surface area contributed by atoms with Gasteiger partial charge in [0.05, 0.1) is 6.20 Å². The largest absolute Gasteiger partial charge is 0.399 e. The fraction of sp³-hybridized carbons (Fsp3) is 0.0714. The molecule has 0 fully saturated rings. The minimum absolute atomic E-state index is 0.559. The van der Waals surface area contributed by atoms with E-state index in [-0.39, 0.29) is 0 Å². The molecule has 0 amide bonds. The van der Waals surface area contributed by atoms with Crippen molar-refractivity contribution in [3.05, 3.63) is 60.9 Å². The Morgan fingerprint density at radius 2 is 1.89 bits per heavy atom. The fourth-order valence-corrected chi connectivity index (χ4v) is 1.87. The minimum atomic E-state index is 0.559. The predicted octanol–water partition coefficient (Wildman–Crippen LogP) is 1.97. The van der Waals surface area contributed by atoms with E-state index in [0.717, 1.165) is 22.6 Å². The Morgan fingerprint density at radius 1 is 1.05 bits per heavy atom. The molecule has 3 rings (SSSR count). The van der Waals surface area contributed by atoms with Crippen LogP contribution >= 0.6 is 0 Å². The molecule has 0 aliphatic carbocycles. The van der Waals surface area contributed by atoms with Crippen molar-refractivity contribution < 1.29 is 0 Å². The molecule has 3 aromatic rings. The molecule has 0 saturated carbocycles. The third-order valence-corrected chi connectivity index (χ3v) is 2.78. The van der Waals surface area contributed by atoms with Crippen molar-refractivity contribution in [1.29, 1.82) is 0 Å². The minimum Gasteiger partial charge on any atom is -0.399 e. The van der Waals surface area contributed by atoms with E-state index in [4.69, 9.17) is 5.73 Å². The Bertz CT molecular complexity index is 675. The van der Waals surface area contributed by atoms with Gasteiger partial charge in [0.1, 0.15) is 12.4 Å². The van der Waals surface area contributed by atoms with Gasteiger partial charge in [-0.25, -0.2) is 9.97 Å². The average molecular weight is 251 g/mol. The summed E-state index contributed by atoms with van der Waals surface area (Å²) in [6.45, 7) is 0.559. The van der Waals surface area contributed by atoms with Crippen LogP contribution in [-0.4, -0.2) is 19.7 Å². The monoisotopic (exact) mass is 251 g/mol. The van der Waals surface area contributed by atoms with Gasteiger partial charge in [0.2, 0.25) is 0 Å². The highest BCUT2D eigenvalue weighted by molar-refractivity contribution is 5.65. The Hall–Kier alpha value is -2.69. The summed E-state index contributed by atoms with van der Waals surface area (Å²) in [5.74, 6) is 0.740. The van der Waals surface area contributed by atoms with Gasteiger partial charge < -0.3 is 5.73 Å². The lowest BCUT2D eigenvalue weighted by Crippen LogP contribution is -2.03. The van der Waals surface area contributed by atoms with Crippen molar-refractivity contribution >= 4 is 5.69 Å². The number of hydrogen-bond acceptors (Lipinski definition) is 4. The molecule has 94 valence electrons. The first-order chi connectivity index (χ1) is 9.31. The normalized spacial score (nSPS) is 10.5. The maximum Gasteiger partial charge on any atom is 0.149 e. The van der Waals surface area contributed by atoms with E-state index in [1.165, 1.54) is 0 Å². The van der Waals surface area contributed by atoms with Crippen LogP contribution in [0.15, 0.2) is 55.1 Å². The Balaban J connectivity index is 1.84. The van der Waals surface area contributed by atoms with E-state index >= 15 is 0 Å². The van der Waals surface area contributed by atoms with Crippen molar-refractivity contribution in [3.63, 3.8) is 0 Å². The molecular weight excluding hydrogens is 238 g/mol. The van der Waals surface area contributed by atoms with Gasteiger partial charge in [0.15, 0.2) is 0 Å². The van der Waals surface area contributed by atoms with Gasteiger partial charge in [-0.2, -0.15) is 5.10 Å². The maximum absolute atomic E-state index is 5.78. The van der Waals surface area contributed by atoms with Crippen molar-refractivity contribution in [2.75, 3.05) is 5.73 Å². The first kappa shape index (κ1) is 11.4. The quantitative estimate of drug-likeness (QED) is 0.722. The van der Waals surface area contributed by atoms with E-state index in [2.05, 4.69) is 15.1 Å². The summed E-state index contributed by atoms with van der Waals surface area (Å²) in [6, 6.07) is 9.54. The average Bonchev–Trinajstić information content (AvgIpc) is 2.88. The molecule has 2 aromatic heterocycles. The van der Waals surface area contributed by atoms with E-state index in [0.29, 0.717) is 6.54 Å². The first-order valence-corrected chi connectivity index (χ1v) is 5.95. The summed E-state index contributed by atoms with van der Waals surface area (Å²) in [7, 11) is 0. The van der Waals surface area contributed by atoms with Crippen LogP contribution in [0.5, 0.6) is 0 Å². The second-order valence-electron chi connectivity index (χ2n) is 4.22. The van der Waals surface area contributed by atoms with Crippen molar-refractivity contribution in [1.82, 2.24) is 19.7 Å². The van der Waals surface area contributed by atoms with E-state index < -0.39 is 0 Å². The second-order valence-corrected chi connectivity index (χ2v) is 4.22. The predicted molar refractivity (Wildman–Crippen MR) is 73.2 cm³/mol. The molecule has 2 heterocycles. The van der Waals surface area contributed by atoms with Crippen molar-refractivity contribution in [2.45, 2.75) is 6.54 Å². The third-order valence-electron chi connectivity index (χ3n) is 2.78. The molecule has 0 radical (unpaired) electrons. The zero-order chi connectivity index (χ0) is 13.1. The molecule has 1 aromatic carbocycles. The zero-order valence-electron chi connectivity index (χ0n) is 10.3. The summed E-state index contributed by atoms with van der Waals surface area (Å²) >= 11 is 0. The van der Waals surface area contributed by atoms with Crippen molar-refractivity contribution in [2.24, 2.45) is 0 Å². The van der Waals surface area contributed by atoms with Crippen LogP contribution in [-0.2, 0) is 6.54 Å². The molecule has 0 saturated heterocycles. The van der Waals surface area contributed by atoms with Crippen LogP contribution in [0.4, 0.5) is 5.69 Å². The number of hydrogen-bond donors (Lipinski definition) is 1. The summed E-state index contributed by atoms with van der Waals surface area (Å²) in [4.78, 5) is 8.36. The van der Waals surface area contributed by atoms with Crippen LogP contribution in [0.1, 0.15) is 5.82 Å². The lowest BCUT2D eigenvalue weighted by Gasteiger charge is -2.00. The summed E-state index contributed by atoms with van der Waals surface area (Å²) in [6.07, 6.45) is 7.23. The van der Waals surface area contributed by atoms with E-state index in [9.17, 15) is 0 Å². The SMILES string of the molecule is Nc1cccc(-c2cnn(Cc3ncccn3)c2)c1. The topological polar surface area (TPSA) is 69.6 Å². The zero-order valence-corrected chi connectivity index (χ0v) is 10.3. The van der Waals surface area contributed by atoms with E-state index in [1.807, 2.05) is 41.3 Å². The molecule has 5 nitrogen and oxygen atoms in total. The van der Waals surface area contributed by atoms with Crippen LogP contribution in [0.25, 0.3) is 11.1 Å². The molecule has 19 heavy (non-hydrogen) atoms. The van der Waals surface area contributed by atoms with Gasteiger partial charge in [-0.15, -0.1) is 0 Å². The molecule has 0 aliphatic rings. The molecule has 5 heteroatoms. The highest BCUT2D eigenvalue weighted by atomic mass is 15.3. The van der Waals surface area contributed by atoms with Crippen LogP contribution in [0.2, 0.25) is 0 Å². The number of nitrogens with two attached hydrogens (primary N) is 1. The highest BCUT2D eigenvalue weighted by Crippen LogP contribution is 2.20. The number of aromatic nitrogens is 4. The fourth-order valence-electron chi connectivity index (χ4n) is 1.87.